The van der Waals surface area contributed by atoms with Crippen LogP contribution in [0.4, 0.5) is 0 Å². The van der Waals surface area contributed by atoms with Gasteiger partial charge >= 0.3 is 0 Å². The van der Waals surface area contributed by atoms with Gasteiger partial charge in [-0.15, -0.1) is 0 Å². The highest BCUT2D eigenvalue weighted by molar-refractivity contribution is 5.85. The standard InChI is InChI=1S/C15H24N2O2/c1-11-8-12(2)10-13(9-11)19-7-5-6-15(3,4)14(16)17-18/h8-10,18H,5-7H2,1-4H3,(H2,16,17). The summed E-state index contributed by atoms with van der Waals surface area (Å²) < 4.78 is 5.73. The van der Waals surface area contributed by atoms with E-state index in [-0.39, 0.29) is 11.3 Å². The minimum absolute atomic E-state index is 0.263. The van der Waals surface area contributed by atoms with Crippen molar-refractivity contribution in [1.82, 2.24) is 0 Å². The Hall–Kier alpha value is -1.71. The molecule has 0 atom stereocenters. The molecule has 1 aromatic rings. The van der Waals surface area contributed by atoms with Gasteiger partial charge in [-0.3, -0.25) is 0 Å². The molecule has 0 radical (unpaired) electrons. The van der Waals surface area contributed by atoms with Crippen LogP contribution in [-0.2, 0) is 0 Å². The van der Waals surface area contributed by atoms with Gasteiger partial charge in [0.1, 0.15) is 11.6 Å². The lowest BCUT2D eigenvalue weighted by atomic mass is 9.87. The summed E-state index contributed by atoms with van der Waals surface area (Å²) in [4.78, 5) is 0. The third-order valence-electron chi connectivity index (χ3n) is 3.21. The topological polar surface area (TPSA) is 67.8 Å². The molecule has 0 aliphatic heterocycles. The first kappa shape index (κ1) is 15.3. The van der Waals surface area contributed by atoms with Crippen molar-refractivity contribution in [3.63, 3.8) is 0 Å². The van der Waals surface area contributed by atoms with E-state index in [1.54, 1.807) is 0 Å². The summed E-state index contributed by atoms with van der Waals surface area (Å²) in [6.07, 6.45) is 1.67. The Bertz CT molecular complexity index is 433. The van der Waals surface area contributed by atoms with E-state index < -0.39 is 0 Å². The molecule has 0 saturated heterocycles. The number of amidine groups is 1. The second kappa shape index (κ2) is 6.45. The van der Waals surface area contributed by atoms with Gasteiger partial charge in [-0.05, 0) is 49.9 Å². The Labute approximate surface area is 115 Å². The van der Waals surface area contributed by atoms with E-state index >= 15 is 0 Å². The van der Waals surface area contributed by atoms with Crippen molar-refractivity contribution < 1.29 is 9.94 Å². The number of hydrogen-bond donors (Lipinski definition) is 2. The van der Waals surface area contributed by atoms with Crippen LogP contribution in [0, 0.1) is 19.3 Å². The van der Waals surface area contributed by atoms with Crippen LogP contribution in [0.25, 0.3) is 0 Å². The lowest BCUT2D eigenvalue weighted by Crippen LogP contribution is -2.32. The molecule has 0 fully saturated rings. The van der Waals surface area contributed by atoms with Gasteiger partial charge in [0.25, 0.3) is 0 Å². The number of rotatable bonds is 6. The van der Waals surface area contributed by atoms with E-state index in [0.29, 0.717) is 6.61 Å². The lowest BCUT2D eigenvalue weighted by molar-refractivity contribution is 0.277. The molecular formula is C15H24N2O2. The van der Waals surface area contributed by atoms with Crippen LogP contribution in [0.15, 0.2) is 23.4 Å². The zero-order valence-electron chi connectivity index (χ0n) is 12.2. The molecule has 0 heterocycles. The largest absolute Gasteiger partial charge is 0.494 e. The van der Waals surface area contributed by atoms with Crippen LogP contribution >= 0.6 is 0 Å². The normalized spacial score (nSPS) is 12.5. The Balaban J connectivity index is 2.43. The Morgan fingerprint density at radius 3 is 2.37 bits per heavy atom. The van der Waals surface area contributed by atoms with E-state index in [1.807, 2.05) is 26.0 Å². The number of ether oxygens (including phenoxy) is 1. The average Bonchev–Trinajstić information content (AvgIpc) is 2.32. The molecule has 1 rings (SSSR count). The van der Waals surface area contributed by atoms with Crippen molar-refractivity contribution in [3.05, 3.63) is 29.3 Å². The Morgan fingerprint density at radius 1 is 1.26 bits per heavy atom. The number of hydrogen-bond acceptors (Lipinski definition) is 3. The number of nitrogens with two attached hydrogens (primary N) is 1. The van der Waals surface area contributed by atoms with Gasteiger partial charge in [0.2, 0.25) is 0 Å². The van der Waals surface area contributed by atoms with Crippen LogP contribution in [0.5, 0.6) is 5.75 Å². The second-order valence-electron chi connectivity index (χ2n) is 5.64. The third-order valence-corrected chi connectivity index (χ3v) is 3.21. The molecule has 0 aliphatic rings. The van der Waals surface area contributed by atoms with Crippen molar-refractivity contribution in [2.75, 3.05) is 6.61 Å². The predicted octanol–water partition coefficient (Wildman–Crippen LogP) is 3.24. The van der Waals surface area contributed by atoms with Crippen molar-refractivity contribution in [2.45, 2.75) is 40.5 Å². The molecule has 3 N–H and O–H groups in total. The van der Waals surface area contributed by atoms with Gasteiger partial charge in [-0.1, -0.05) is 25.1 Å². The predicted molar refractivity (Wildman–Crippen MR) is 77.8 cm³/mol. The number of nitrogens with zero attached hydrogens (tertiary/aromatic N) is 1. The van der Waals surface area contributed by atoms with Crippen molar-refractivity contribution in [1.29, 1.82) is 0 Å². The summed E-state index contributed by atoms with van der Waals surface area (Å²) in [6.45, 7) is 8.66. The summed E-state index contributed by atoms with van der Waals surface area (Å²) >= 11 is 0. The highest BCUT2D eigenvalue weighted by Crippen LogP contribution is 2.23. The zero-order valence-corrected chi connectivity index (χ0v) is 12.2. The number of aryl methyl sites for hydroxylation is 2. The summed E-state index contributed by atoms with van der Waals surface area (Å²) in [5.41, 5.74) is 7.74. The average molecular weight is 264 g/mol. The van der Waals surface area contributed by atoms with Crippen molar-refractivity contribution >= 4 is 5.84 Å². The van der Waals surface area contributed by atoms with Crippen LogP contribution in [-0.4, -0.2) is 17.6 Å². The van der Waals surface area contributed by atoms with Crippen LogP contribution in [0.3, 0.4) is 0 Å². The van der Waals surface area contributed by atoms with E-state index in [1.165, 1.54) is 11.1 Å². The second-order valence-corrected chi connectivity index (χ2v) is 5.64. The van der Waals surface area contributed by atoms with E-state index in [2.05, 4.69) is 25.1 Å². The molecule has 0 unspecified atom stereocenters. The first-order chi connectivity index (χ1) is 8.85. The maximum atomic E-state index is 8.70. The van der Waals surface area contributed by atoms with Gasteiger partial charge in [-0.25, -0.2) is 0 Å². The van der Waals surface area contributed by atoms with Gasteiger partial charge in [0, 0.05) is 5.41 Å². The fourth-order valence-corrected chi connectivity index (χ4v) is 1.98. The summed E-state index contributed by atoms with van der Waals surface area (Å²) in [5.74, 6) is 1.16. The molecule has 0 spiro atoms. The first-order valence-corrected chi connectivity index (χ1v) is 6.54. The zero-order chi connectivity index (χ0) is 14.5. The monoisotopic (exact) mass is 264 g/mol. The summed E-state index contributed by atoms with van der Waals surface area (Å²) in [7, 11) is 0. The lowest BCUT2D eigenvalue weighted by Gasteiger charge is -2.22. The molecule has 0 bridgehead atoms. The van der Waals surface area contributed by atoms with Gasteiger partial charge in [-0.2, -0.15) is 0 Å². The minimum atomic E-state index is -0.305. The maximum Gasteiger partial charge on any atom is 0.144 e. The smallest absolute Gasteiger partial charge is 0.144 e. The molecule has 0 saturated carbocycles. The summed E-state index contributed by atoms with van der Waals surface area (Å²) in [6, 6.07) is 6.18. The highest BCUT2D eigenvalue weighted by atomic mass is 16.5. The molecule has 19 heavy (non-hydrogen) atoms. The van der Waals surface area contributed by atoms with Gasteiger partial charge < -0.3 is 15.7 Å². The quantitative estimate of drug-likeness (QED) is 0.272. The Morgan fingerprint density at radius 2 is 1.84 bits per heavy atom. The van der Waals surface area contributed by atoms with Gasteiger partial charge in [0.15, 0.2) is 0 Å². The van der Waals surface area contributed by atoms with Crippen LogP contribution in [0.1, 0.15) is 37.8 Å². The number of oxime groups is 1. The molecule has 0 aliphatic carbocycles. The molecule has 4 nitrogen and oxygen atoms in total. The molecule has 0 amide bonds. The van der Waals surface area contributed by atoms with Gasteiger partial charge in [0.05, 0.1) is 6.61 Å². The van der Waals surface area contributed by atoms with Crippen LogP contribution in [0.2, 0.25) is 0 Å². The maximum absolute atomic E-state index is 8.70. The molecule has 0 aromatic heterocycles. The van der Waals surface area contributed by atoms with Crippen LogP contribution < -0.4 is 10.5 Å². The highest BCUT2D eigenvalue weighted by Gasteiger charge is 2.22. The minimum Gasteiger partial charge on any atom is -0.494 e. The Kier molecular flexibility index (Phi) is 5.21. The molecular weight excluding hydrogens is 240 g/mol. The molecule has 1 aromatic carbocycles. The first-order valence-electron chi connectivity index (χ1n) is 6.54. The van der Waals surface area contributed by atoms with Crippen molar-refractivity contribution in [2.24, 2.45) is 16.3 Å². The molecule has 4 heteroatoms. The third kappa shape index (κ3) is 4.81. The summed E-state index contributed by atoms with van der Waals surface area (Å²) in [5, 5.41) is 11.8. The van der Waals surface area contributed by atoms with E-state index in [4.69, 9.17) is 15.7 Å². The number of benzene rings is 1. The van der Waals surface area contributed by atoms with E-state index in [0.717, 1.165) is 18.6 Å². The van der Waals surface area contributed by atoms with E-state index in [9.17, 15) is 0 Å². The van der Waals surface area contributed by atoms with Crippen molar-refractivity contribution in [3.8, 4) is 5.75 Å². The molecule has 106 valence electrons. The SMILES string of the molecule is Cc1cc(C)cc(OCCCC(C)(C)C(N)=NO)c1. The fraction of sp³-hybridized carbons (Fsp3) is 0.533. The fourth-order valence-electron chi connectivity index (χ4n) is 1.98.